The zero-order chi connectivity index (χ0) is 15.9. The lowest BCUT2D eigenvalue weighted by atomic mass is 10.1. The first-order chi connectivity index (χ1) is 10.6. The molecule has 0 radical (unpaired) electrons. The number of nitrogens with two attached hydrogens (primary N) is 1. The molecular weight excluding hydrogens is 284 g/mol. The van der Waals surface area contributed by atoms with Crippen LogP contribution in [0.25, 0.3) is 0 Å². The van der Waals surface area contributed by atoms with Gasteiger partial charge in [-0.05, 0) is 46.5 Å². The van der Waals surface area contributed by atoms with Gasteiger partial charge in [-0.15, -0.1) is 0 Å². The van der Waals surface area contributed by atoms with Gasteiger partial charge in [0.1, 0.15) is 0 Å². The fraction of sp³-hybridized carbons (Fsp3) is 0.429. The largest absolute Gasteiger partial charge is 0.493 e. The smallest absolute Gasteiger partial charge is 0.263 e. The van der Waals surface area contributed by atoms with Crippen molar-refractivity contribution >= 4 is 12.2 Å². The van der Waals surface area contributed by atoms with E-state index in [0.717, 1.165) is 16.8 Å². The number of anilines is 1. The molecule has 0 saturated carbocycles. The van der Waals surface area contributed by atoms with E-state index in [1.54, 1.807) is 13.3 Å². The van der Waals surface area contributed by atoms with E-state index < -0.39 is 0 Å². The minimum Gasteiger partial charge on any atom is -0.493 e. The molecule has 0 unspecified atom stereocenters. The average Bonchev–Trinajstić information content (AvgIpc) is 2.91. The van der Waals surface area contributed by atoms with E-state index in [9.17, 15) is 0 Å². The van der Waals surface area contributed by atoms with Gasteiger partial charge in [0, 0.05) is 0 Å². The molecule has 0 fully saturated rings. The summed E-state index contributed by atoms with van der Waals surface area (Å²) in [6.45, 7) is 4.97. The molecule has 8 nitrogen and oxygen atoms in total. The Morgan fingerprint density at radius 2 is 2.18 bits per heavy atom. The van der Waals surface area contributed by atoms with Crippen LogP contribution in [0.3, 0.4) is 0 Å². The first-order valence-corrected chi connectivity index (χ1v) is 6.99. The van der Waals surface area contributed by atoms with Crippen molar-refractivity contribution in [2.75, 3.05) is 19.5 Å². The van der Waals surface area contributed by atoms with E-state index in [4.69, 9.17) is 15.2 Å². The minimum atomic E-state index is 0.122. The van der Waals surface area contributed by atoms with E-state index in [0.29, 0.717) is 24.0 Å². The molecule has 0 aliphatic rings. The number of ether oxygens (including phenoxy) is 2. The van der Waals surface area contributed by atoms with Gasteiger partial charge in [0.25, 0.3) is 5.95 Å². The maximum atomic E-state index is 5.74. The quantitative estimate of drug-likeness (QED) is 0.779. The number of hydrogen-bond donors (Lipinski definition) is 1. The predicted octanol–water partition coefficient (Wildman–Crippen LogP) is 1.57. The van der Waals surface area contributed by atoms with Crippen molar-refractivity contribution in [3.05, 3.63) is 23.8 Å². The molecule has 0 spiro atoms. The van der Waals surface area contributed by atoms with Crippen LogP contribution >= 0.6 is 0 Å². The number of benzene rings is 1. The molecule has 8 heteroatoms. The molecule has 1 aromatic heterocycles. The van der Waals surface area contributed by atoms with Crippen LogP contribution < -0.4 is 15.2 Å². The average molecular weight is 304 g/mol. The number of hydrogen-bond acceptors (Lipinski definition) is 7. The number of aromatic nitrogens is 4. The first kappa shape index (κ1) is 15.7. The molecule has 118 valence electrons. The summed E-state index contributed by atoms with van der Waals surface area (Å²) >= 11 is 0. The lowest BCUT2D eigenvalue weighted by Gasteiger charge is -2.12. The first-order valence-electron chi connectivity index (χ1n) is 6.99. The van der Waals surface area contributed by atoms with Gasteiger partial charge in [0.05, 0.1) is 19.9 Å². The van der Waals surface area contributed by atoms with E-state index in [2.05, 4.69) is 34.5 Å². The Hall–Kier alpha value is -2.64. The second-order valence-electron chi connectivity index (χ2n) is 5.11. The summed E-state index contributed by atoms with van der Waals surface area (Å²) in [5.41, 5.74) is 6.35. The molecule has 1 heterocycles. The fourth-order valence-corrected chi connectivity index (χ4v) is 1.68. The summed E-state index contributed by atoms with van der Waals surface area (Å²) in [6, 6.07) is 5.55. The number of nitrogen functional groups attached to an aromatic ring is 1. The van der Waals surface area contributed by atoms with Gasteiger partial charge in [-0.2, -0.15) is 5.10 Å². The topological polar surface area (TPSA) is 100 Å². The third-order valence-corrected chi connectivity index (χ3v) is 2.93. The highest BCUT2D eigenvalue weighted by Crippen LogP contribution is 2.27. The highest BCUT2D eigenvalue weighted by molar-refractivity contribution is 5.80. The SMILES string of the molecule is COc1cc(/C=N\n2nnnc2N)ccc1OCCC(C)C. The van der Waals surface area contributed by atoms with Crippen molar-refractivity contribution in [3.8, 4) is 11.5 Å². The lowest BCUT2D eigenvalue weighted by Crippen LogP contribution is -2.03. The highest BCUT2D eigenvalue weighted by Gasteiger charge is 2.06. The van der Waals surface area contributed by atoms with Gasteiger partial charge < -0.3 is 15.2 Å². The lowest BCUT2D eigenvalue weighted by molar-refractivity contribution is 0.273. The van der Waals surface area contributed by atoms with Crippen LogP contribution in [-0.2, 0) is 0 Å². The van der Waals surface area contributed by atoms with Gasteiger partial charge in [-0.25, -0.2) is 0 Å². The number of nitrogens with zero attached hydrogens (tertiary/aromatic N) is 5. The summed E-state index contributed by atoms with van der Waals surface area (Å²) in [4.78, 5) is 1.14. The highest BCUT2D eigenvalue weighted by atomic mass is 16.5. The Morgan fingerprint density at radius 3 is 2.82 bits per heavy atom. The second-order valence-corrected chi connectivity index (χ2v) is 5.11. The molecule has 2 N–H and O–H groups in total. The van der Waals surface area contributed by atoms with Crippen LogP contribution in [0.5, 0.6) is 11.5 Å². The van der Waals surface area contributed by atoms with E-state index in [1.165, 1.54) is 0 Å². The van der Waals surface area contributed by atoms with Crippen molar-refractivity contribution in [1.82, 2.24) is 20.3 Å². The second kappa shape index (κ2) is 7.39. The zero-order valence-electron chi connectivity index (χ0n) is 12.9. The maximum Gasteiger partial charge on any atom is 0.263 e. The van der Waals surface area contributed by atoms with Gasteiger partial charge in [-0.1, -0.05) is 23.7 Å². The fourth-order valence-electron chi connectivity index (χ4n) is 1.68. The van der Waals surface area contributed by atoms with Crippen molar-refractivity contribution < 1.29 is 9.47 Å². The molecule has 0 bridgehead atoms. The third kappa shape index (κ3) is 4.18. The molecule has 22 heavy (non-hydrogen) atoms. The molecule has 0 atom stereocenters. The van der Waals surface area contributed by atoms with Crippen LogP contribution in [-0.4, -0.2) is 40.2 Å². The Balaban J connectivity index is 2.08. The molecule has 0 amide bonds. The summed E-state index contributed by atoms with van der Waals surface area (Å²) in [7, 11) is 1.60. The van der Waals surface area contributed by atoms with Crippen LogP contribution in [0.1, 0.15) is 25.8 Å². The molecule has 2 rings (SSSR count). The summed E-state index contributed by atoms with van der Waals surface area (Å²) in [6.07, 6.45) is 2.58. The van der Waals surface area contributed by atoms with E-state index in [-0.39, 0.29) is 5.95 Å². The van der Waals surface area contributed by atoms with Crippen molar-refractivity contribution in [1.29, 1.82) is 0 Å². The monoisotopic (exact) mass is 304 g/mol. The third-order valence-electron chi connectivity index (χ3n) is 2.93. The summed E-state index contributed by atoms with van der Waals surface area (Å²) < 4.78 is 11.1. The summed E-state index contributed by atoms with van der Waals surface area (Å²) in [5, 5.41) is 14.6. The molecular formula is C14H20N6O2. The molecule has 0 saturated heterocycles. The van der Waals surface area contributed by atoms with Crippen molar-refractivity contribution in [2.24, 2.45) is 11.0 Å². The van der Waals surface area contributed by atoms with Crippen LogP contribution in [0.4, 0.5) is 5.95 Å². The van der Waals surface area contributed by atoms with E-state index >= 15 is 0 Å². The molecule has 0 aliphatic carbocycles. The van der Waals surface area contributed by atoms with Gasteiger partial charge in [0.15, 0.2) is 11.5 Å². The normalized spacial score (nSPS) is 11.3. The van der Waals surface area contributed by atoms with Crippen molar-refractivity contribution in [3.63, 3.8) is 0 Å². The minimum absolute atomic E-state index is 0.122. The Bertz CT molecular complexity index is 638. The molecule has 0 aliphatic heterocycles. The van der Waals surface area contributed by atoms with Gasteiger partial charge in [-0.3, -0.25) is 0 Å². The van der Waals surface area contributed by atoms with Crippen LogP contribution in [0, 0.1) is 5.92 Å². The zero-order valence-corrected chi connectivity index (χ0v) is 12.9. The number of rotatable bonds is 7. The van der Waals surface area contributed by atoms with Gasteiger partial charge in [0.2, 0.25) is 0 Å². The van der Waals surface area contributed by atoms with Crippen LogP contribution in [0.15, 0.2) is 23.3 Å². The number of tetrazole rings is 1. The maximum absolute atomic E-state index is 5.74. The molecule has 1 aromatic carbocycles. The predicted molar refractivity (Wildman–Crippen MR) is 83.2 cm³/mol. The van der Waals surface area contributed by atoms with Crippen molar-refractivity contribution in [2.45, 2.75) is 20.3 Å². The Kier molecular flexibility index (Phi) is 5.29. The standard InChI is InChI=1S/C14H20N6O2/c1-10(2)6-7-22-12-5-4-11(8-13(12)21-3)9-16-20-14(15)17-18-19-20/h4-5,8-10H,6-7H2,1-3H3,(H2,15,17,19)/b16-9-. The molecule has 2 aromatic rings. The van der Waals surface area contributed by atoms with Crippen LogP contribution in [0.2, 0.25) is 0 Å². The Labute approximate surface area is 128 Å². The Morgan fingerprint density at radius 1 is 1.36 bits per heavy atom. The van der Waals surface area contributed by atoms with Gasteiger partial charge >= 0.3 is 0 Å². The van der Waals surface area contributed by atoms with E-state index in [1.807, 2.05) is 18.2 Å². The summed E-state index contributed by atoms with van der Waals surface area (Å²) in [5.74, 6) is 2.08. The number of methoxy groups -OCH3 is 1.